The van der Waals surface area contributed by atoms with Crippen molar-refractivity contribution in [1.29, 1.82) is 0 Å². The minimum absolute atomic E-state index is 0.155. The third-order valence-corrected chi connectivity index (χ3v) is 4.93. The first-order chi connectivity index (χ1) is 12.5. The van der Waals surface area contributed by atoms with E-state index in [9.17, 15) is 4.79 Å². The molecule has 8 heteroatoms. The van der Waals surface area contributed by atoms with E-state index in [1.807, 2.05) is 6.07 Å². The highest BCUT2D eigenvalue weighted by Crippen LogP contribution is 2.34. The Hall–Kier alpha value is -2.77. The van der Waals surface area contributed by atoms with Crippen LogP contribution in [-0.2, 0) is 0 Å². The molecule has 0 fully saturated rings. The molecule has 6 nitrogen and oxygen atoms in total. The minimum Gasteiger partial charge on any atom is -0.493 e. The summed E-state index contributed by atoms with van der Waals surface area (Å²) in [4.78, 5) is 17.2. The first kappa shape index (κ1) is 18.0. The maximum absolute atomic E-state index is 12.7. The fourth-order valence-electron chi connectivity index (χ4n) is 2.35. The lowest BCUT2D eigenvalue weighted by Crippen LogP contribution is -2.03. The molecule has 0 unspecified atom stereocenters. The van der Waals surface area contributed by atoms with Crippen LogP contribution in [0.15, 0.2) is 42.5 Å². The molecule has 3 rings (SSSR count). The molecule has 0 bridgehead atoms. The Morgan fingerprint density at radius 3 is 2.58 bits per heavy atom. The van der Waals surface area contributed by atoms with E-state index in [2.05, 4.69) is 10.3 Å². The first-order valence-corrected chi connectivity index (χ1v) is 8.77. The third kappa shape index (κ3) is 3.58. The van der Waals surface area contributed by atoms with Crippen molar-refractivity contribution in [3.63, 3.8) is 0 Å². The molecule has 26 heavy (non-hydrogen) atoms. The number of rotatable bonds is 6. The Kier molecular flexibility index (Phi) is 5.29. The van der Waals surface area contributed by atoms with Crippen LogP contribution < -0.4 is 20.5 Å². The molecule has 0 amide bonds. The van der Waals surface area contributed by atoms with Gasteiger partial charge in [0.25, 0.3) is 0 Å². The largest absolute Gasteiger partial charge is 0.493 e. The van der Waals surface area contributed by atoms with E-state index in [4.69, 9.17) is 26.8 Å². The Bertz CT molecular complexity index is 959. The number of carbonyl (C=O) groups excluding carboxylic acids is 1. The number of ketones is 1. The average Bonchev–Trinajstić information content (AvgIpc) is 3.01. The molecule has 0 saturated heterocycles. The number of nitrogens with one attached hydrogen (secondary N) is 1. The molecule has 1 heterocycles. The highest BCUT2D eigenvalue weighted by molar-refractivity contribution is 7.18. The van der Waals surface area contributed by atoms with Crippen molar-refractivity contribution in [3.8, 4) is 11.5 Å². The standard InChI is InChI=1S/C18H16ClN3O3S/c1-24-13-8-7-10(9-14(13)25-2)21-18-22-17(20)16(26-18)15(23)11-5-3-4-6-12(11)19/h3-9H,20H2,1-2H3,(H,21,22). The van der Waals surface area contributed by atoms with E-state index in [1.165, 1.54) is 0 Å². The van der Waals surface area contributed by atoms with Crippen LogP contribution in [0.5, 0.6) is 11.5 Å². The van der Waals surface area contributed by atoms with Crippen LogP contribution in [0.2, 0.25) is 5.02 Å². The second-order valence-electron chi connectivity index (χ2n) is 5.24. The summed E-state index contributed by atoms with van der Waals surface area (Å²) in [6.07, 6.45) is 0. The van der Waals surface area contributed by atoms with Crippen molar-refractivity contribution in [2.75, 3.05) is 25.3 Å². The van der Waals surface area contributed by atoms with Crippen molar-refractivity contribution in [1.82, 2.24) is 4.98 Å². The fourth-order valence-corrected chi connectivity index (χ4v) is 3.43. The molecule has 0 aliphatic carbocycles. The summed E-state index contributed by atoms with van der Waals surface area (Å²) < 4.78 is 10.5. The molecular formula is C18H16ClN3O3S. The van der Waals surface area contributed by atoms with Gasteiger partial charge in [-0.1, -0.05) is 35.1 Å². The Morgan fingerprint density at radius 1 is 1.15 bits per heavy atom. The van der Waals surface area contributed by atoms with Crippen molar-refractivity contribution >= 4 is 45.4 Å². The summed E-state index contributed by atoms with van der Waals surface area (Å²) in [7, 11) is 3.13. The number of thiazole rings is 1. The number of hydrogen-bond donors (Lipinski definition) is 2. The summed E-state index contributed by atoms with van der Waals surface area (Å²) in [6.45, 7) is 0. The molecule has 0 radical (unpaired) electrons. The van der Waals surface area contributed by atoms with E-state index < -0.39 is 0 Å². The van der Waals surface area contributed by atoms with E-state index in [0.29, 0.717) is 32.1 Å². The zero-order valence-electron chi connectivity index (χ0n) is 14.1. The van der Waals surface area contributed by atoms with Gasteiger partial charge in [0.1, 0.15) is 10.7 Å². The van der Waals surface area contributed by atoms with E-state index in [0.717, 1.165) is 17.0 Å². The summed E-state index contributed by atoms with van der Waals surface area (Å²) in [5, 5.41) is 3.98. The molecule has 0 saturated carbocycles. The number of halogens is 1. The number of nitrogen functional groups attached to an aromatic ring is 1. The number of nitrogens with two attached hydrogens (primary N) is 1. The molecule has 3 N–H and O–H groups in total. The van der Waals surface area contributed by atoms with Crippen molar-refractivity contribution < 1.29 is 14.3 Å². The second-order valence-corrected chi connectivity index (χ2v) is 6.64. The van der Waals surface area contributed by atoms with Crippen LogP contribution in [0.4, 0.5) is 16.6 Å². The predicted molar refractivity (Wildman–Crippen MR) is 104 cm³/mol. The van der Waals surface area contributed by atoms with Crippen LogP contribution in [0.3, 0.4) is 0 Å². The smallest absolute Gasteiger partial charge is 0.208 e. The number of anilines is 3. The molecular weight excluding hydrogens is 374 g/mol. The highest BCUT2D eigenvalue weighted by atomic mass is 35.5. The normalized spacial score (nSPS) is 10.4. The number of ether oxygens (including phenoxy) is 2. The molecule has 0 aliphatic rings. The maximum atomic E-state index is 12.7. The number of methoxy groups -OCH3 is 2. The number of nitrogens with zero attached hydrogens (tertiary/aromatic N) is 1. The van der Waals surface area contributed by atoms with Crippen molar-refractivity contribution in [2.24, 2.45) is 0 Å². The van der Waals surface area contributed by atoms with Gasteiger partial charge in [0.15, 0.2) is 16.6 Å². The lowest BCUT2D eigenvalue weighted by molar-refractivity contribution is 0.104. The summed E-state index contributed by atoms with van der Waals surface area (Å²) in [5.74, 6) is 1.09. The van der Waals surface area contributed by atoms with Gasteiger partial charge in [-0.25, -0.2) is 4.98 Å². The molecule has 3 aromatic rings. The van der Waals surface area contributed by atoms with Gasteiger partial charge in [0, 0.05) is 17.3 Å². The van der Waals surface area contributed by atoms with Gasteiger partial charge in [-0.05, 0) is 24.3 Å². The van der Waals surface area contributed by atoms with Crippen LogP contribution >= 0.6 is 22.9 Å². The lowest BCUT2D eigenvalue weighted by atomic mass is 10.1. The molecule has 1 aromatic heterocycles. The summed E-state index contributed by atoms with van der Waals surface area (Å²) >= 11 is 7.26. The van der Waals surface area contributed by atoms with Crippen LogP contribution in [0, 0.1) is 0 Å². The predicted octanol–water partition coefficient (Wildman–Crippen LogP) is 4.37. The van der Waals surface area contributed by atoms with Crippen LogP contribution in [-0.4, -0.2) is 25.0 Å². The number of carbonyl (C=O) groups is 1. The van der Waals surface area contributed by atoms with Gasteiger partial charge < -0.3 is 20.5 Å². The molecule has 2 aromatic carbocycles. The quantitative estimate of drug-likeness (QED) is 0.609. The molecule has 134 valence electrons. The number of hydrogen-bond acceptors (Lipinski definition) is 7. The van der Waals surface area contributed by atoms with Gasteiger partial charge in [0.05, 0.1) is 19.2 Å². The molecule has 0 spiro atoms. The van der Waals surface area contributed by atoms with Gasteiger partial charge in [-0.3, -0.25) is 4.79 Å². The monoisotopic (exact) mass is 389 g/mol. The van der Waals surface area contributed by atoms with Crippen molar-refractivity contribution in [2.45, 2.75) is 0 Å². The highest BCUT2D eigenvalue weighted by Gasteiger charge is 2.20. The summed E-state index contributed by atoms with van der Waals surface area (Å²) in [5.41, 5.74) is 7.06. The molecule has 0 atom stereocenters. The Balaban J connectivity index is 1.87. The van der Waals surface area contributed by atoms with Gasteiger partial charge in [-0.15, -0.1) is 0 Å². The Morgan fingerprint density at radius 2 is 1.88 bits per heavy atom. The van der Waals surface area contributed by atoms with E-state index >= 15 is 0 Å². The average molecular weight is 390 g/mol. The zero-order valence-corrected chi connectivity index (χ0v) is 15.6. The fraction of sp³-hybridized carbons (Fsp3) is 0.111. The lowest BCUT2D eigenvalue weighted by Gasteiger charge is -2.09. The van der Waals surface area contributed by atoms with Gasteiger partial charge in [-0.2, -0.15) is 0 Å². The maximum Gasteiger partial charge on any atom is 0.208 e. The third-order valence-electron chi connectivity index (χ3n) is 3.61. The van der Waals surface area contributed by atoms with Gasteiger partial charge >= 0.3 is 0 Å². The van der Waals surface area contributed by atoms with E-state index in [1.54, 1.807) is 50.6 Å². The number of benzene rings is 2. The Labute approximate surface area is 159 Å². The number of aromatic nitrogens is 1. The molecule has 0 aliphatic heterocycles. The van der Waals surface area contributed by atoms with Crippen LogP contribution in [0.25, 0.3) is 0 Å². The zero-order chi connectivity index (χ0) is 18.7. The van der Waals surface area contributed by atoms with E-state index in [-0.39, 0.29) is 11.6 Å². The second kappa shape index (κ2) is 7.63. The summed E-state index contributed by atoms with van der Waals surface area (Å²) in [6, 6.07) is 12.2. The first-order valence-electron chi connectivity index (χ1n) is 7.58. The topological polar surface area (TPSA) is 86.5 Å². The SMILES string of the molecule is COc1ccc(Nc2nc(N)c(C(=O)c3ccccc3Cl)s2)cc1OC. The minimum atomic E-state index is -0.258. The van der Waals surface area contributed by atoms with Crippen molar-refractivity contribution in [3.05, 3.63) is 57.9 Å². The van der Waals surface area contributed by atoms with Crippen LogP contribution in [0.1, 0.15) is 15.2 Å². The van der Waals surface area contributed by atoms with Gasteiger partial charge in [0.2, 0.25) is 5.78 Å².